The van der Waals surface area contributed by atoms with Gasteiger partial charge in [0.2, 0.25) is 0 Å². The second-order valence-corrected chi connectivity index (χ2v) is 6.08. The molecule has 1 fully saturated rings. The molecule has 0 radical (unpaired) electrons. The molecule has 1 aliphatic heterocycles. The van der Waals surface area contributed by atoms with Gasteiger partial charge < -0.3 is 15.4 Å². The van der Waals surface area contributed by atoms with Gasteiger partial charge in [0.25, 0.3) is 0 Å². The van der Waals surface area contributed by atoms with Crippen molar-refractivity contribution < 1.29 is 4.74 Å². The molecule has 0 aromatic carbocycles. The van der Waals surface area contributed by atoms with E-state index < -0.39 is 0 Å². The van der Waals surface area contributed by atoms with Gasteiger partial charge in [0.15, 0.2) is 5.96 Å². The normalized spacial score (nSPS) is 18.1. The van der Waals surface area contributed by atoms with Crippen molar-refractivity contribution >= 4 is 17.3 Å². The molecule has 2 rings (SSSR count). The van der Waals surface area contributed by atoms with Crippen LogP contribution < -0.4 is 5.73 Å². The van der Waals surface area contributed by atoms with Crippen molar-refractivity contribution in [2.75, 3.05) is 32.8 Å². The Morgan fingerprint density at radius 3 is 2.83 bits per heavy atom. The van der Waals surface area contributed by atoms with Gasteiger partial charge in [0.1, 0.15) is 0 Å². The molecule has 0 unspecified atom stereocenters. The van der Waals surface area contributed by atoms with E-state index in [2.05, 4.69) is 41.3 Å². The third-order valence-corrected chi connectivity index (χ3v) is 4.40. The fourth-order valence-corrected chi connectivity index (χ4v) is 2.76. The smallest absolute Gasteiger partial charge is 0.191 e. The molecule has 4 nitrogen and oxygen atoms in total. The summed E-state index contributed by atoms with van der Waals surface area (Å²) in [7, 11) is 0. The zero-order chi connectivity index (χ0) is 13.0. The van der Waals surface area contributed by atoms with E-state index in [9.17, 15) is 0 Å². The number of hydrogen-bond donors (Lipinski definition) is 1. The average Bonchev–Trinajstić information content (AvgIpc) is 2.92. The number of rotatable bonds is 3. The Hall–Kier alpha value is -1.07. The molecule has 0 saturated carbocycles. The summed E-state index contributed by atoms with van der Waals surface area (Å²) in [5.74, 6) is 0.642. The third-order valence-electron chi connectivity index (χ3n) is 3.16. The number of morpholine rings is 1. The molecule has 0 aliphatic carbocycles. The Balaban J connectivity index is 1.96. The van der Waals surface area contributed by atoms with Gasteiger partial charge in [0, 0.05) is 23.4 Å². The molecule has 2 heterocycles. The van der Waals surface area contributed by atoms with Crippen LogP contribution in [0.4, 0.5) is 0 Å². The first-order chi connectivity index (χ1) is 8.59. The van der Waals surface area contributed by atoms with Gasteiger partial charge in [0.05, 0.1) is 19.8 Å². The average molecular weight is 267 g/mol. The maximum absolute atomic E-state index is 6.03. The van der Waals surface area contributed by atoms with Crippen molar-refractivity contribution in [1.82, 2.24) is 4.90 Å². The van der Waals surface area contributed by atoms with Gasteiger partial charge >= 0.3 is 0 Å². The molecule has 2 N–H and O–H groups in total. The highest BCUT2D eigenvalue weighted by Gasteiger charge is 2.22. The fraction of sp³-hybridized carbons (Fsp3) is 0.615. The largest absolute Gasteiger partial charge is 0.378 e. The van der Waals surface area contributed by atoms with E-state index in [4.69, 9.17) is 10.5 Å². The van der Waals surface area contributed by atoms with Crippen LogP contribution in [0, 0.1) is 0 Å². The SMILES string of the molecule is CC(C)(CN=C(N)N1CCOCC1)c1cccs1. The molecule has 100 valence electrons. The molecule has 0 bridgehead atoms. The molecule has 5 heteroatoms. The monoisotopic (exact) mass is 267 g/mol. The molecule has 1 saturated heterocycles. The first-order valence-electron chi connectivity index (χ1n) is 6.26. The molecule has 0 atom stereocenters. The van der Waals surface area contributed by atoms with Crippen molar-refractivity contribution in [1.29, 1.82) is 0 Å². The minimum absolute atomic E-state index is 0.0467. The summed E-state index contributed by atoms with van der Waals surface area (Å²) in [6, 6.07) is 4.24. The van der Waals surface area contributed by atoms with Crippen molar-refractivity contribution in [3.63, 3.8) is 0 Å². The lowest BCUT2D eigenvalue weighted by Crippen LogP contribution is -2.45. The van der Waals surface area contributed by atoms with Crippen LogP contribution in [0.15, 0.2) is 22.5 Å². The van der Waals surface area contributed by atoms with Crippen molar-refractivity contribution in [2.45, 2.75) is 19.3 Å². The van der Waals surface area contributed by atoms with Gasteiger partial charge in [-0.2, -0.15) is 0 Å². The highest BCUT2D eigenvalue weighted by molar-refractivity contribution is 7.10. The van der Waals surface area contributed by atoms with E-state index >= 15 is 0 Å². The lowest BCUT2D eigenvalue weighted by Gasteiger charge is -2.28. The number of nitrogens with zero attached hydrogens (tertiary/aromatic N) is 2. The Morgan fingerprint density at radius 1 is 1.50 bits per heavy atom. The minimum Gasteiger partial charge on any atom is -0.378 e. The summed E-state index contributed by atoms with van der Waals surface area (Å²) in [5, 5.41) is 2.10. The number of nitrogens with two attached hydrogens (primary N) is 1. The van der Waals surface area contributed by atoms with Crippen LogP contribution in [-0.2, 0) is 10.2 Å². The Kier molecular flexibility index (Phi) is 4.24. The molecule has 1 aromatic heterocycles. The van der Waals surface area contributed by atoms with E-state index in [-0.39, 0.29) is 5.41 Å². The van der Waals surface area contributed by atoms with Gasteiger partial charge in [-0.3, -0.25) is 4.99 Å². The second kappa shape index (κ2) is 5.71. The highest BCUT2D eigenvalue weighted by atomic mass is 32.1. The van der Waals surface area contributed by atoms with Crippen LogP contribution in [0.2, 0.25) is 0 Å². The maximum atomic E-state index is 6.03. The van der Waals surface area contributed by atoms with E-state index in [1.807, 2.05) is 0 Å². The van der Waals surface area contributed by atoms with Crippen LogP contribution >= 0.6 is 11.3 Å². The standard InChI is InChI=1S/C13H21N3OS/c1-13(2,11-4-3-9-18-11)10-15-12(14)16-5-7-17-8-6-16/h3-4,9H,5-8,10H2,1-2H3,(H2,14,15). The molecule has 0 amide bonds. The molecular formula is C13H21N3OS. The van der Waals surface area contributed by atoms with Gasteiger partial charge in [-0.1, -0.05) is 19.9 Å². The lowest BCUT2D eigenvalue weighted by molar-refractivity contribution is 0.0674. The molecular weight excluding hydrogens is 246 g/mol. The van der Waals surface area contributed by atoms with Crippen LogP contribution in [0.5, 0.6) is 0 Å². The first kappa shape index (κ1) is 13.4. The number of aliphatic imine (C=N–C) groups is 1. The molecule has 18 heavy (non-hydrogen) atoms. The number of thiophene rings is 1. The van der Waals surface area contributed by atoms with Crippen molar-refractivity contribution in [2.24, 2.45) is 10.7 Å². The highest BCUT2D eigenvalue weighted by Crippen LogP contribution is 2.27. The zero-order valence-electron chi connectivity index (χ0n) is 11.1. The van der Waals surface area contributed by atoms with E-state index in [0.29, 0.717) is 5.96 Å². The third kappa shape index (κ3) is 3.23. The minimum atomic E-state index is 0.0467. The Labute approximate surface area is 112 Å². The predicted octanol–water partition coefficient (Wildman–Crippen LogP) is 1.67. The van der Waals surface area contributed by atoms with Crippen LogP contribution in [0.1, 0.15) is 18.7 Å². The Morgan fingerprint density at radius 2 is 2.22 bits per heavy atom. The summed E-state index contributed by atoms with van der Waals surface area (Å²) in [6.07, 6.45) is 0. The first-order valence-corrected chi connectivity index (χ1v) is 7.14. The fourth-order valence-electron chi connectivity index (χ4n) is 1.91. The van der Waals surface area contributed by atoms with Crippen LogP contribution in [-0.4, -0.2) is 43.7 Å². The molecule has 1 aromatic rings. The number of guanidine groups is 1. The summed E-state index contributed by atoms with van der Waals surface area (Å²) in [6.45, 7) is 8.29. The summed E-state index contributed by atoms with van der Waals surface area (Å²) < 4.78 is 5.30. The number of ether oxygens (including phenoxy) is 1. The quantitative estimate of drug-likeness (QED) is 0.669. The summed E-state index contributed by atoms with van der Waals surface area (Å²) in [4.78, 5) is 7.99. The maximum Gasteiger partial charge on any atom is 0.191 e. The zero-order valence-corrected chi connectivity index (χ0v) is 11.9. The number of hydrogen-bond acceptors (Lipinski definition) is 3. The van der Waals surface area contributed by atoms with Gasteiger partial charge in [-0.05, 0) is 11.4 Å². The topological polar surface area (TPSA) is 50.8 Å². The van der Waals surface area contributed by atoms with Crippen LogP contribution in [0.3, 0.4) is 0 Å². The van der Waals surface area contributed by atoms with E-state index in [1.165, 1.54) is 4.88 Å². The summed E-state index contributed by atoms with van der Waals surface area (Å²) in [5.41, 5.74) is 6.08. The van der Waals surface area contributed by atoms with Crippen LogP contribution in [0.25, 0.3) is 0 Å². The lowest BCUT2D eigenvalue weighted by atomic mass is 9.92. The second-order valence-electron chi connectivity index (χ2n) is 5.14. The molecule has 0 spiro atoms. The predicted molar refractivity (Wildman–Crippen MR) is 76.2 cm³/mol. The summed E-state index contributed by atoms with van der Waals surface area (Å²) >= 11 is 1.77. The van der Waals surface area contributed by atoms with Gasteiger partial charge in [-0.25, -0.2) is 0 Å². The van der Waals surface area contributed by atoms with Crippen molar-refractivity contribution in [3.8, 4) is 0 Å². The Bertz CT molecular complexity index is 394. The molecule has 1 aliphatic rings. The van der Waals surface area contributed by atoms with Gasteiger partial charge in [-0.15, -0.1) is 11.3 Å². The van der Waals surface area contributed by atoms with E-state index in [1.54, 1.807) is 11.3 Å². The van der Waals surface area contributed by atoms with E-state index in [0.717, 1.165) is 32.8 Å². The van der Waals surface area contributed by atoms with Crippen molar-refractivity contribution in [3.05, 3.63) is 22.4 Å².